The third kappa shape index (κ3) is 3.02. The van der Waals surface area contributed by atoms with E-state index in [0.717, 1.165) is 6.07 Å². The first-order valence-electron chi connectivity index (χ1n) is 5.05. The Morgan fingerprint density at radius 2 is 1.74 bits per heavy atom. The van der Waals surface area contributed by atoms with Crippen molar-refractivity contribution in [2.24, 2.45) is 0 Å². The van der Waals surface area contributed by atoms with Crippen molar-refractivity contribution < 1.29 is 9.18 Å². The van der Waals surface area contributed by atoms with Crippen LogP contribution in [-0.4, -0.2) is 5.78 Å². The van der Waals surface area contributed by atoms with E-state index in [2.05, 4.69) is 31.9 Å². The average molecular weight is 427 g/mol. The van der Waals surface area contributed by atoms with Crippen molar-refractivity contribution in [3.05, 3.63) is 66.3 Å². The molecule has 0 amide bonds. The molecule has 0 atom stereocenters. The van der Waals surface area contributed by atoms with E-state index in [0.29, 0.717) is 8.95 Å². The number of hydrogen-bond acceptors (Lipinski definition) is 1. The van der Waals surface area contributed by atoms with Crippen molar-refractivity contribution in [2.75, 3.05) is 0 Å². The van der Waals surface area contributed by atoms with Crippen molar-refractivity contribution in [3.8, 4) is 0 Å². The van der Waals surface area contributed by atoms with Gasteiger partial charge in [0.2, 0.25) is 0 Å². The summed E-state index contributed by atoms with van der Waals surface area (Å²) in [7, 11) is 0. The zero-order valence-electron chi connectivity index (χ0n) is 9.18. The van der Waals surface area contributed by atoms with Gasteiger partial charge in [-0.25, -0.2) is 4.39 Å². The second kappa shape index (κ2) is 5.92. The van der Waals surface area contributed by atoms with E-state index in [-0.39, 0.29) is 21.2 Å². The van der Waals surface area contributed by atoms with Crippen molar-refractivity contribution in [2.45, 2.75) is 0 Å². The lowest BCUT2D eigenvalue weighted by atomic mass is 10.0. The quantitative estimate of drug-likeness (QED) is 0.432. The van der Waals surface area contributed by atoms with Crippen LogP contribution in [-0.2, 0) is 0 Å². The van der Waals surface area contributed by atoms with E-state index in [1.54, 1.807) is 12.1 Å². The maximum absolute atomic E-state index is 13.8. The Balaban J connectivity index is 2.56. The summed E-state index contributed by atoms with van der Waals surface area (Å²) in [6, 6.07) is 7.32. The third-order valence-electron chi connectivity index (χ3n) is 2.45. The molecule has 0 bridgehead atoms. The van der Waals surface area contributed by atoms with Gasteiger partial charge in [0.15, 0.2) is 5.78 Å². The van der Waals surface area contributed by atoms with Crippen LogP contribution in [0.15, 0.2) is 39.3 Å². The Morgan fingerprint density at radius 1 is 1.05 bits per heavy atom. The zero-order chi connectivity index (χ0) is 14.2. The Labute approximate surface area is 136 Å². The lowest BCUT2D eigenvalue weighted by molar-refractivity contribution is 0.103. The number of carbonyl (C=O) groups is 1. The van der Waals surface area contributed by atoms with Crippen LogP contribution in [0.5, 0.6) is 0 Å². The Morgan fingerprint density at radius 3 is 2.42 bits per heavy atom. The van der Waals surface area contributed by atoms with Gasteiger partial charge in [-0.15, -0.1) is 0 Å². The van der Waals surface area contributed by atoms with E-state index in [4.69, 9.17) is 23.2 Å². The fourth-order valence-electron chi connectivity index (χ4n) is 1.52. The lowest BCUT2D eigenvalue weighted by Crippen LogP contribution is -2.05. The highest BCUT2D eigenvalue weighted by atomic mass is 79.9. The van der Waals surface area contributed by atoms with Gasteiger partial charge in [0.1, 0.15) is 5.82 Å². The first kappa shape index (κ1) is 15.0. The lowest BCUT2D eigenvalue weighted by Gasteiger charge is -2.07. The minimum absolute atomic E-state index is 0.117. The minimum Gasteiger partial charge on any atom is -0.288 e. The molecule has 0 fully saturated rings. The summed E-state index contributed by atoms with van der Waals surface area (Å²) < 4.78 is 14.8. The number of rotatable bonds is 2. The number of ketones is 1. The normalized spacial score (nSPS) is 10.6. The number of hydrogen-bond donors (Lipinski definition) is 0. The summed E-state index contributed by atoms with van der Waals surface area (Å²) in [5.74, 6) is -1.17. The highest BCUT2D eigenvalue weighted by Gasteiger charge is 2.19. The van der Waals surface area contributed by atoms with Crippen LogP contribution in [0.1, 0.15) is 15.9 Å². The highest BCUT2D eigenvalue weighted by Crippen LogP contribution is 2.31. The largest absolute Gasteiger partial charge is 0.288 e. The first-order valence-corrected chi connectivity index (χ1v) is 7.39. The van der Waals surface area contributed by atoms with Gasteiger partial charge in [-0.2, -0.15) is 0 Å². The molecule has 0 spiro atoms. The summed E-state index contributed by atoms with van der Waals surface area (Å²) in [4.78, 5) is 12.3. The molecule has 0 heterocycles. The average Bonchev–Trinajstić information content (AvgIpc) is 2.36. The summed E-state index contributed by atoms with van der Waals surface area (Å²) in [5, 5.41) is 0.502. The van der Waals surface area contributed by atoms with Gasteiger partial charge < -0.3 is 0 Å². The molecule has 0 aliphatic heterocycles. The van der Waals surface area contributed by atoms with E-state index >= 15 is 0 Å². The molecule has 0 unspecified atom stereocenters. The summed E-state index contributed by atoms with van der Waals surface area (Å²) in [6.45, 7) is 0. The van der Waals surface area contributed by atoms with Gasteiger partial charge in [0, 0.05) is 14.5 Å². The molecular formula is C13H5Br2Cl2FO. The van der Waals surface area contributed by atoms with Crippen LogP contribution in [0.3, 0.4) is 0 Å². The van der Waals surface area contributed by atoms with Crippen molar-refractivity contribution in [1.82, 2.24) is 0 Å². The molecular weight excluding hydrogens is 422 g/mol. The molecule has 0 N–H and O–H groups in total. The third-order valence-corrected chi connectivity index (χ3v) is 4.94. The van der Waals surface area contributed by atoms with Crippen LogP contribution < -0.4 is 0 Å². The van der Waals surface area contributed by atoms with Gasteiger partial charge in [-0.1, -0.05) is 29.3 Å². The fraction of sp³-hybridized carbons (Fsp3) is 0. The van der Waals surface area contributed by atoms with Gasteiger partial charge in [0.25, 0.3) is 0 Å². The van der Waals surface area contributed by atoms with Crippen LogP contribution in [0, 0.1) is 5.82 Å². The van der Waals surface area contributed by atoms with Crippen LogP contribution in [0.25, 0.3) is 0 Å². The number of carbonyl (C=O) groups excluding carboxylic acids is 1. The SMILES string of the molecule is O=C(c1cc(Cl)c(Br)cc1F)c1cccc(Br)c1Cl. The summed E-state index contributed by atoms with van der Waals surface area (Å²) >= 11 is 18.2. The van der Waals surface area contributed by atoms with Crippen molar-refractivity contribution >= 4 is 60.8 Å². The summed E-state index contributed by atoms with van der Waals surface area (Å²) in [5.41, 5.74) is 0.0986. The monoisotopic (exact) mass is 424 g/mol. The topological polar surface area (TPSA) is 17.1 Å². The van der Waals surface area contributed by atoms with E-state index in [1.807, 2.05) is 0 Å². The molecule has 1 nitrogen and oxygen atoms in total. The van der Waals surface area contributed by atoms with Crippen LogP contribution in [0.4, 0.5) is 4.39 Å². The van der Waals surface area contributed by atoms with Crippen LogP contribution in [0.2, 0.25) is 10.0 Å². The van der Waals surface area contributed by atoms with Gasteiger partial charge in [-0.05, 0) is 56.1 Å². The zero-order valence-corrected chi connectivity index (χ0v) is 13.9. The molecule has 6 heteroatoms. The predicted octanol–water partition coefficient (Wildman–Crippen LogP) is 5.89. The molecule has 2 rings (SSSR count). The highest BCUT2D eigenvalue weighted by molar-refractivity contribution is 9.10. The fourth-order valence-corrected chi connectivity index (χ4v) is 2.58. The van der Waals surface area contributed by atoms with Gasteiger partial charge >= 0.3 is 0 Å². The standard InChI is InChI=1S/C13H5Br2Cl2FO/c14-8-3-1-2-6(12(8)17)13(19)7-4-10(16)9(15)5-11(7)18/h1-5H. The van der Waals surface area contributed by atoms with E-state index < -0.39 is 11.6 Å². The molecule has 19 heavy (non-hydrogen) atoms. The molecule has 98 valence electrons. The predicted molar refractivity (Wildman–Crippen MR) is 81.7 cm³/mol. The van der Waals surface area contributed by atoms with E-state index in [1.165, 1.54) is 12.1 Å². The molecule has 0 aliphatic rings. The van der Waals surface area contributed by atoms with Crippen molar-refractivity contribution in [3.63, 3.8) is 0 Å². The first-order chi connectivity index (χ1) is 8.91. The Kier molecular flexibility index (Phi) is 4.66. The van der Waals surface area contributed by atoms with Gasteiger partial charge in [-0.3, -0.25) is 4.79 Å². The molecule has 0 saturated carbocycles. The maximum atomic E-state index is 13.8. The second-order valence-corrected chi connectivity index (χ2v) is 6.17. The number of benzene rings is 2. The van der Waals surface area contributed by atoms with E-state index in [9.17, 15) is 9.18 Å². The molecule has 0 aliphatic carbocycles. The Hall–Kier alpha value is -0.420. The van der Waals surface area contributed by atoms with Gasteiger partial charge in [0.05, 0.1) is 15.6 Å². The smallest absolute Gasteiger partial charge is 0.197 e. The maximum Gasteiger partial charge on any atom is 0.197 e. The second-order valence-electron chi connectivity index (χ2n) is 3.68. The van der Waals surface area contributed by atoms with Crippen LogP contribution >= 0.6 is 55.1 Å². The molecule has 2 aromatic carbocycles. The number of halogens is 5. The van der Waals surface area contributed by atoms with Crippen molar-refractivity contribution in [1.29, 1.82) is 0 Å². The molecule has 0 radical (unpaired) electrons. The molecule has 2 aromatic rings. The Bertz CT molecular complexity index is 674. The molecule has 0 aromatic heterocycles. The molecule has 0 saturated heterocycles. The minimum atomic E-state index is -0.655. The summed E-state index contributed by atoms with van der Waals surface area (Å²) in [6.07, 6.45) is 0.